The van der Waals surface area contributed by atoms with E-state index in [-0.39, 0.29) is 40.1 Å². The summed E-state index contributed by atoms with van der Waals surface area (Å²) in [7, 11) is 0. The minimum atomic E-state index is -0.604. The van der Waals surface area contributed by atoms with Gasteiger partial charge in [-0.2, -0.15) is 0 Å². The van der Waals surface area contributed by atoms with E-state index in [9.17, 15) is 19.7 Å². The highest BCUT2D eigenvalue weighted by molar-refractivity contribution is 6.34. The van der Waals surface area contributed by atoms with Crippen LogP contribution < -0.4 is 10.1 Å². The summed E-state index contributed by atoms with van der Waals surface area (Å²) in [6, 6.07) is 2.27. The first-order valence-electron chi connectivity index (χ1n) is 9.81. The SMILES string of the molecule is CC(C)Oc1cc(Cl)c(C(=O)NC2CCN(OC(=O)C(C)(C)C)CC2)cc1[N+](=O)[O-]. The van der Waals surface area contributed by atoms with Crippen molar-refractivity contribution >= 4 is 29.2 Å². The summed E-state index contributed by atoms with van der Waals surface area (Å²) in [5, 5.41) is 15.9. The van der Waals surface area contributed by atoms with Crippen LogP contribution in [0, 0.1) is 15.5 Å². The fourth-order valence-corrected chi connectivity index (χ4v) is 3.06. The molecule has 1 N–H and O–H groups in total. The van der Waals surface area contributed by atoms with E-state index in [1.165, 1.54) is 6.07 Å². The zero-order valence-electron chi connectivity index (χ0n) is 17.9. The molecule has 30 heavy (non-hydrogen) atoms. The Morgan fingerprint density at radius 1 is 1.27 bits per heavy atom. The molecular weight excluding hydrogens is 414 g/mol. The standard InChI is InChI=1S/C20H28ClN3O6/c1-12(2)29-17-11-15(21)14(10-16(17)24(27)28)18(25)22-13-6-8-23(9-7-13)30-19(26)20(3,4)5/h10-13H,6-9H2,1-5H3,(H,22,25). The molecule has 1 saturated heterocycles. The Hall–Kier alpha value is -2.39. The lowest BCUT2D eigenvalue weighted by Gasteiger charge is -2.32. The normalized spacial score (nSPS) is 15.7. The van der Waals surface area contributed by atoms with Crippen molar-refractivity contribution in [1.29, 1.82) is 0 Å². The topological polar surface area (TPSA) is 111 Å². The molecule has 1 aliphatic rings. The molecule has 0 spiro atoms. The first-order chi connectivity index (χ1) is 13.9. The number of nitrogens with zero attached hydrogens (tertiary/aromatic N) is 2. The number of nitrogens with one attached hydrogen (secondary N) is 1. The van der Waals surface area contributed by atoms with Crippen LogP contribution in [0.5, 0.6) is 5.75 Å². The van der Waals surface area contributed by atoms with Gasteiger partial charge in [0.2, 0.25) is 0 Å². The van der Waals surface area contributed by atoms with Gasteiger partial charge in [0, 0.05) is 31.3 Å². The highest BCUT2D eigenvalue weighted by Crippen LogP contribution is 2.34. The van der Waals surface area contributed by atoms with E-state index >= 15 is 0 Å². The maximum Gasteiger partial charge on any atom is 0.330 e. The fourth-order valence-electron chi connectivity index (χ4n) is 2.82. The van der Waals surface area contributed by atoms with Crippen LogP contribution in [0.25, 0.3) is 0 Å². The molecule has 0 bridgehead atoms. The Kier molecular flexibility index (Phi) is 7.65. The zero-order chi connectivity index (χ0) is 22.6. The Labute approximate surface area is 180 Å². The van der Waals surface area contributed by atoms with E-state index in [1.807, 2.05) is 0 Å². The third-order valence-corrected chi connectivity index (χ3v) is 4.78. The Balaban J connectivity index is 2.02. The first kappa shape index (κ1) is 23.9. The summed E-state index contributed by atoms with van der Waals surface area (Å²) in [6.45, 7) is 9.77. The average molecular weight is 442 g/mol. The number of benzene rings is 1. The van der Waals surface area contributed by atoms with Crippen LogP contribution in [0.4, 0.5) is 5.69 Å². The van der Waals surface area contributed by atoms with E-state index < -0.39 is 16.2 Å². The molecule has 0 saturated carbocycles. The second-order valence-electron chi connectivity index (χ2n) is 8.53. The molecule has 1 fully saturated rings. The quantitative estimate of drug-likeness (QED) is 0.528. The van der Waals surface area contributed by atoms with Gasteiger partial charge in [0.1, 0.15) is 0 Å². The van der Waals surface area contributed by atoms with Crippen molar-refractivity contribution in [3.63, 3.8) is 0 Å². The second kappa shape index (κ2) is 9.61. The number of halogens is 1. The molecule has 166 valence electrons. The molecule has 9 nitrogen and oxygen atoms in total. The molecule has 0 aliphatic carbocycles. The summed E-state index contributed by atoms with van der Waals surface area (Å²) in [5.74, 6) is -0.789. The van der Waals surface area contributed by atoms with Crippen LogP contribution in [0.3, 0.4) is 0 Å². The van der Waals surface area contributed by atoms with Crippen LogP contribution in [0.1, 0.15) is 57.8 Å². The first-order valence-corrected chi connectivity index (χ1v) is 10.2. The van der Waals surface area contributed by atoms with E-state index in [4.69, 9.17) is 21.2 Å². The van der Waals surface area contributed by atoms with Crippen LogP contribution in [0.2, 0.25) is 5.02 Å². The van der Waals surface area contributed by atoms with Gasteiger partial charge >= 0.3 is 11.7 Å². The van der Waals surface area contributed by atoms with Gasteiger partial charge in [-0.25, -0.2) is 4.79 Å². The van der Waals surface area contributed by atoms with Crippen molar-refractivity contribution in [2.45, 2.75) is 59.6 Å². The molecule has 2 rings (SSSR count). The monoisotopic (exact) mass is 441 g/mol. The molecule has 1 aromatic rings. The number of nitro groups is 1. The number of hydrogen-bond donors (Lipinski definition) is 1. The van der Waals surface area contributed by atoms with Crippen molar-refractivity contribution in [3.8, 4) is 5.75 Å². The lowest BCUT2D eigenvalue weighted by atomic mass is 9.98. The molecule has 0 aromatic heterocycles. The molecule has 1 aromatic carbocycles. The number of rotatable bonds is 6. The molecule has 0 radical (unpaired) electrons. The van der Waals surface area contributed by atoms with E-state index in [1.54, 1.807) is 39.7 Å². The third-order valence-electron chi connectivity index (χ3n) is 4.47. The summed E-state index contributed by atoms with van der Waals surface area (Å²) in [6.07, 6.45) is 0.853. The van der Waals surface area contributed by atoms with Gasteiger partial charge in [0.05, 0.1) is 27.0 Å². The predicted molar refractivity (Wildman–Crippen MR) is 111 cm³/mol. The van der Waals surface area contributed by atoms with Gasteiger partial charge < -0.3 is 14.9 Å². The minimum absolute atomic E-state index is 0.0149. The Morgan fingerprint density at radius 2 is 1.87 bits per heavy atom. The number of nitro benzene ring substituents is 1. The summed E-state index contributed by atoms with van der Waals surface area (Å²) < 4.78 is 5.43. The van der Waals surface area contributed by atoms with Crippen molar-refractivity contribution in [3.05, 3.63) is 32.8 Å². The van der Waals surface area contributed by atoms with Crippen LogP contribution in [0.15, 0.2) is 12.1 Å². The van der Waals surface area contributed by atoms with Crippen LogP contribution in [-0.4, -0.2) is 47.1 Å². The van der Waals surface area contributed by atoms with Crippen molar-refractivity contribution in [1.82, 2.24) is 10.4 Å². The van der Waals surface area contributed by atoms with Crippen LogP contribution >= 0.6 is 11.6 Å². The maximum absolute atomic E-state index is 12.7. The predicted octanol–water partition coefficient (Wildman–Crippen LogP) is 3.73. The van der Waals surface area contributed by atoms with Crippen molar-refractivity contribution in [2.24, 2.45) is 5.41 Å². The fraction of sp³-hybridized carbons (Fsp3) is 0.600. The number of hydroxylamine groups is 2. The second-order valence-corrected chi connectivity index (χ2v) is 8.94. The van der Waals surface area contributed by atoms with Gasteiger partial charge in [-0.05, 0) is 47.5 Å². The summed E-state index contributed by atoms with van der Waals surface area (Å²) in [4.78, 5) is 40.8. The number of carbonyl (C=O) groups is 2. The number of ether oxygens (including phenoxy) is 1. The molecule has 1 amide bonds. The molecule has 1 heterocycles. The summed E-state index contributed by atoms with van der Waals surface area (Å²) in [5.41, 5.74) is -0.898. The van der Waals surface area contributed by atoms with E-state index in [2.05, 4.69) is 5.32 Å². The lowest BCUT2D eigenvalue weighted by molar-refractivity contribution is -0.386. The van der Waals surface area contributed by atoms with Crippen LogP contribution in [-0.2, 0) is 9.63 Å². The smallest absolute Gasteiger partial charge is 0.330 e. The lowest BCUT2D eigenvalue weighted by Crippen LogP contribution is -2.46. The van der Waals surface area contributed by atoms with Crippen molar-refractivity contribution < 1.29 is 24.1 Å². The van der Waals surface area contributed by atoms with Gasteiger partial charge in [-0.1, -0.05) is 11.6 Å². The van der Waals surface area contributed by atoms with Gasteiger partial charge in [-0.3, -0.25) is 14.9 Å². The average Bonchev–Trinajstić information content (AvgIpc) is 2.61. The molecular formula is C20H28ClN3O6. The van der Waals surface area contributed by atoms with Gasteiger partial charge in [0.15, 0.2) is 5.75 Å². The number of piperidine rings is 1. The number of hydrogen-bond acceptors (Lipinski definition) is 7. The molecule has 0 atom stereocenters. The maximum atomic E-state index is 12.7. The Morgan fingerprint density at radius 3 is 2.37 bits per heavy atom. The van der Waals surface area contributed by atoms with Gasteiger partial charge in [-0.15, -0.1) is 5.06 Å². The summed E-state index contributed by atoms with van der Waals surface area (Å²) >= 11 is 6.20. The minimum Gasteiger partial charge on any atom is -0.484 e. The van der Waals surface area contributed by atoms with E-state index in [0.717, 1.165) is 6.07 Å². The molecule has 0 unspecified atom stereocenters. The van der Waals surface area contributed by atoms with E-state index in [0.29, 0.717) is 25.9 Å². The largest absolute Gasteiger partial charge is 0.484 e. The Bertz CT molecular complexity index is 813. The molecule has 1 aliphatic heterocycles. The van der Waals surface area contributed by atoms with Crippen molar-refractivity contribution in [2.75, 3.05) is 13.1 Å². The highest BCUT2D eigenvalue weighted by Gasteiger charge is 2.30. The number of amides is 1. The third kappa shape index (κ3) is 6.30. The van der Waals surface area contributed by atoms with Gasteiger partial charge in [0.25, 0.3) is 5.91 Å². The molecule has 10 heteroatoms. The number of carbonyl (C=O) groups excluding carboxylic acids is 2. The zero-order valence-corrected chi connectivity index (χ0v) is 18.6. The highest BCUT2D eigenvalue weighted by atomic mass is 35.5.